The molecule has 2 aliphatic rings. The number of aromatic nitrogens is 3. The summed E-state index contributed by atoms with van der Waals surface area (Å²) in [5.74, 6) is 0.0814. The van der Waals surface area contributed by atoms with E-state index in [0.29, 0.717) is 5.16 Å². The standard InChI is InChI=1S/C22H22FN5OS/c23-16-11-5-6-12-17(16)24-20(29)18-22(13-7-2-8-14-22)27-28-19(25-26-21(28)30-18)15-9-3-1-4-10-15/h1,3-6,9-12,18,27H,2,7-8,13-14H2,(H,24,29). The van der Waals surface area contributed by atoms with Crippen molar-refractivity contribution in [2.45, 2.75) is 48.0 Å². The molecule has 0 saturated heterocycles. The van der Waals surface area contributed by atoms with Crippen molar-refractivity contribution >= 4 is 23.4 Å². The molecule has 3 aromatic rings. The Kier molecular flexibility index (Phi) is 4.94. The summed E-state index contributed by atoms with van der Waals surface area (Å²) >= 11 is 1.40. The van der Waals surface area contributed by atoms with Gasteiger partial charge in [-0.15, -0.1) is 10.2 Å². The summed E-state index contributed by atoms with van der Waals surface area (Å²) in [6.45, 7) is 0. The predicted octanol–water partition coefficient (Wildman–Crippen LogP) is 4.44. The minimum atomic E-state index is -0.438. The first-order valence-electron chi connectivity index (χ1n) is 10.2. The minimum Gasteiger partial charge on any atom is -0.323 e. The molecule has 6 nitrogen and oxygen atoms in total. The average molecular weight is 424 g/mol. The van der Waals surface area contributed by atoms with Gasteiger partial charge >= 0.3 is 0 Å². The van der Waals surface area contributed by atoms with Crippen molar-refractivity contribution in [2.75, 3.05) is 10.7 Å². The molecule has 1 aliphatic carbocycles. The lowest BCUT2D eigenvalue weighted by molar-refractivity contribution is -0.117. The van der Waals surface area contributed by atoms with E-state index in [0.717, 1.165) is 43.5 Å². The first-order chi connectivity index (χ1) is 14.7. The highest BCUT2D eigenvalue weighted by Crippen LogP contribution is 2.44. The molecule has 1 atom stereocenters. The van der Waals surface area contributed by atoms with E-state index in [4.69, 9.17) is 0 Å². The lowest BCUT2D eigenvalue weighted by Crippen LogP contribution is -2.59. The number of hydrogen-bond acceptors (Lipinski definition) is 5. The normalized spacial score (nSPS) is 19.7. The molecule has 0 radical (unpaired) electrons. The fraction of sp³-hybridized carbons (Fsp3) is 0.318. The topological polar surface area (TPSA) is 71.8 Å². The lowest BCUT2D eigenvalue weighted by Gasteiger charge is -2.46. The summed E-state index contributed by atoms with van der Waals surface area (Å²) in [6.07, 6.45) is 4.95. The maximum atomic E-state index is 14.1. The zero-order valence-electron chi connectivity index (χ0n) is 16.3. The summed E-state index contributed by atoms with van der Waals surface area (Å²) in [4.78, 5) is 13.3. The molecule has 2 heterocycles. The number of rotatable bonds is 3. The maximum Gasteiger partial charge on any atom is 0.240 e. The monoisotopic (exact) mass is 423 g/mol. The third kappa shape index (κ3) is 3.35. The number of nitrogens with zero attached hydrogens (tertiary/aromatic N) is 3. The van der Waals surface area contributed by atoms with E-state index in [1.54, 1.807) is 18.2 Å². The Labute approximate surface area is 178 Å². The van der Waals surface area contributed by atoms with Gasteiger partial charge < -0.3 is 10.7 Å². The fourth-order valence-electron chi connectivity index (χ4n) is 4.34. The summed E-state index contributed by atoms with van der Waals surface area (Å²) in [5, 5.41) is 11.7. The molecule has 8 heteroatoms. The van der Waals surface area contributed by atoms with Crippen LogP contribution in [0.15, 0.2) is 59.8 Å². The highest BCUT2D eigenvalue weighted by atomic mass is 32.2. The number of thioether (sulfide) groups is 1. The van der Waals surface area contributed by atoms with Crippen LogP contribution in [0.1, 0.15) is 32.1 Å². The number of fused-ring (bicyclic) bond motifs is 1. The van der Waals surface area contributed by atoms with Gasteiger partial charge in [0.2, 0.25) is 11.1 Å². The average Bonchev–Trinajstić information content (AvgIpc) is 3.18. The van der Waals surface area contributed by atoms with Gasteiger partial charge in [0, 0.05) is 5.56 Å². The van der Waals surface area contributed by atoms with Gasteiger partial charge in [0.25, 0.3) is 0 Å². The van der Waals surface area contributed by atoms with E-state index in [2.05, 4.69) is 20.9 Å². The van der Waals surface area contributed by atoms with Gasteiger partial charge in [-0.2, -0.15) is 0 Å². The van der Waals surface area contributed by atoms with Crippen LogP contribution in [-0.2, 0) is 4.79 Å². The molecule has 2 aromatic carbocycles. The predicted molar refractivity (Wildman–Crippen MR) is 115 cm³/mol. The van der Waals surface area contributed by atoms with Gasteiger partial charge in [-0.1, -0.05) is 73.5 Å². The highest BCUT2D eigenvalue weighted by Gasteiger charge is 2.49. The number of carbonyl (C=O) groups is 1. The van der Waals surface area contributed by atoms with Crippen LogP contribution >= 0.6 is 11.8 Å². The molecule has 1 spiro atoms. The molecule has 1 unspecified atom stereocenters. The highest BCUT2D eigenvalue weighted by molar-refractivity contribution is 8.00. The van der Waals surface area contributed by atoms with E-state index in [1.807, 2.05) is 35.0 Å². The Balaban J connectivity index is 1.50. The van der Waals surface area contributed by atoms with Crippen LogP contribution in [0.2, 0.25) is 0 Å². The number of para-hydroxylation sites is 1. The largest absolute Gasteiger partial charge is 0.323 e. The van der Waals surface area contributed by atoms with Crippen LogP contribution in [0.3, 0.4) is 0 Å². The fourth-order valence-corrected chi connectivity index (χ4v) is 5.56. The number of anilines is 1. The molecular weight excluding hydrogens is 401 g/mol. The molecule has 5 rings (SSSR count). The molecule has 1 aromatic heterocycles. The third-order valence-corrected chi connectivity index (χ3v) is 7.22. The summed E-state index contributed by atoms with van der Waals surface area (Å²) in [7, 11) is 0. The van der Waals surface area contributed by atoms with Crippen molar-refractivity contribution in [3.63, 3.8) is 0 Å². The lowest BCUT2D eigenvalue weighted by atomic mass is 9.79. The quantitative estimate of drug-likeness (QED) is 0.652. The van der Waals surface area contributed by atoms with Crippen LogP contribution in [0, 0.1) is 5.82 Å². The second kappa shape index (κ2) is 7.75. The van der Waals surface area contributed by atoms with E-state index in [-0.39, 0.29) is 11.6 Å². The van der Waals surface area contributed by atoms with Crippen molar-refractivity contribution in [1.82, 2.24) is 14.9 Å². The molecule has 154 valence electrons. The second-order valence-electron chi connectivity index (χ2n) is 7.80. The smallest absolute Gasteiger partial charge is 0.240 e. The van der Waals surface area contributed by atoms with Gasteiger partial charge in [0.1, 0.15) is 11.1 Å². The zero-order chi connectivity index (χ0) is 20.6. The molecule has 30 heavy (non-hydrogen) atoms. The Morgan fingerprint density at radius 3 is 2.57 bits per heavy atom. The molecule has 0 bridgehead atoms. The summed E-state index contributed by atoms with van der Waals surface area (Å²) in [5.41, 5.74) is 4.34. The van der Waals surface area contributed by atoms with Gasteiger partial charge in [-0.3, -0.25) is 4.79 Å². The Hall–Kier alpha value is -2.87. The van der Waals surface area contributed by atoms with Crippen molar-refractivity contribution in [1.29, 1.82) is 0 Å². The van der Waals surface area contributed by atoms with Gasteiger partial charge in [0.05, 0.1) is 11.2 Å². The van der Waals surface area contributed by atoms with Gasteiger partial charge in [-0.05, 0) is 25.0 Å². The zero-order valence-corrected chi connectivity index (χ0v) is 17.2. The molecule has 2 N–H and O–H groups in total. The summed E-state index contributed by atoms with van der Waals surface area (Å²) < 4.78 is 16.0. The molecule has 1 aliphatic heterocycles. The number of halogens is 1. The number of hydrogen-bond donors (Lipinski definition) is 2. The molecule has 1 amide bonds. The number of benzene rings is 2. The van der Waals surface area contributed by atoms with Crippen molar-refractivity contribution in [2.24, 2.45) is 0 Å². The number of carbonyl (C=O) groups excluding carboxylic acids is 1. The Bertz CT molecular complexity index is 1060. The van der Waals surface area contributed by atoms with Crippen molar-refractivity contribution in [3.05, 3.63) is 60.4 Å². The SMILES string of the molecule is O=C(Nc1ccccc1F)C1Sc2nnc(-c3ccccc3)n2NC12CCCCC2. The molecule has 1 saturated carbocycles. The van der Waals surface area contributed by atoms with Gasteiger partial charge in [-0.25, -0.2) is 9.07 Å². The Morgan fingerprint density at radius 1 is 1.07 bits per heavy atom. The van der Waals surface area contributed by atoms with E-state index in [1.165, 1.54) is 17.8 Å². The Morgan fingerprint density at radius 2 is 1.80 bits per heavy atom. The number of nitrogens with one attached hydrogen (secondary N) is 2. The van der Waals surface area contributed by atoms with Gasteiger partial charge in [0.15, 0.2) is 5.82 Å². The summed E-state index contributed by atoms with van der Waals surface area (Å²) in [6, 6.07) is 16.1. The van der Waals surface area contributed by atoms with E-state index >= 15 is 0 Å². The minimum absolute atomic E-state index is 0.200. The van der Waals surface area contributed by atoms with Crippen molar-refractivity contribution < 1.29 is 9.18 Å². The molecular formula is C22H22FN5OS. The first-order valence-corrected chi connectivity index (χ1v) is 11.1. The number of amides is 1. The van der Waals surface area contributed by atoms with Crippen LogP contribution in [0.4, 0.5) is 10.1 Å². The molecule has 1 fully saturated rings. The van der Waals surface area contributed by atoms with Crippen LogP contribution in [-0.4, -0.2) is 31.6 Å². The van der Waals surface area contributed by atoms with Crippen molar-refractivity contribution in [3.8, 4) is 11.4 Å². The maximum absolute atomic E-state index is 14.1. The third-order valence-electron chi connectivity index (χ3n) is 5.84. The van der Waals surface area contributed by atoms with Crippen LogP contribution in [0.5, 0.6) is 0 Å². The first kappa shape index (κ1) is 19.1. The van der Waals surface area contributed by atoms with E-state index < -0.39 is 16.6 Å². The van der Waals surface area contributed by atoms with Crippen LogP contribution in [0.25, 0.3) is 11.4 Å². The van der Waals surface area contributed by atoms with Crippen LogP contribution < -0.4 is 10.7 Å². The van der Waals surface area contributed by atoms with E-state index in [9.17, 15) is 9.18 Å². The second-order valence-corrected chi connectivity index (χ2v) is 8.88.